The molecular weight excluding hydrogens is 356 g/mol. The summed E-state index contributed by atoms with van der Waals surface area (Å²) in [4.78, 5) is 20.7. The first-order valence-electron chi connectivity index (χ1n) is 8.53. The lowest BCUT2D eigenvalue weighted by Gasteiger charge is -2.06. The van der Waals surface area contributed by atoms with Crippen LogP contribution in [-0.2, 0) is 0 Å². The van der Waals surface area contributed by atoms with Gasteiger partial charge in [0, 0.05) is 29.2 Å². The summed E-state index contributed by atoms with van der Waals surface area (Å²) in [5.41, 5.74) is 2.58. The number of hydrogen-bond donors (Lipinski definition) is 1. The van der Waals surface area contributed by atoms with Crippen molar-refractivity contribution in [3.05, 3.63) is 78.6 Å². The number of carbonyl (C=O) groups is 1. The van der Waals surface area contributed by atoms with E-state index in [1.54, 1.807) is 43.8 Å². The molecule has 7 heteroatoms. The lowest BCUT2D eigenvalue weighted by molar-refractivity contribution is 0.102. The van der Waals surface area contributed by atoms with E-state index in [0.717, 1.165) is 5.56 Å². The van der Waals surface area contributed by atoms with Gasteiger partial charge >= 0.3 is 0 Å². The van der Waals surface area contributed by atoms with Gasteiger partial charge in [0.2, 0.25) is 5.82 Å². The van der Waals surface area contributed by atoms with Crippen LogP contribution in [0.1, 0.15) is 10.4 Å². The highest BCUT2D eigenvalue weighted by atomic mass is 16.5. The highest BCUT2D eigenvalue weighted by Crippen LogP contribution is 2.29. The Balaban J connectivity index is 1.58. The molecule has 0 bridgehead atoms. The van der Waals surface area contributed by atoms with E-state index in [2.05, 4.69) is 20.4 Å². The summed E-state index contributed by atoms with van der Waals surface area (Å²) < 4.78 is 10.8. The van der Waals surface area contributed by atoms with Gasteiger partial charge in [-0.2, -0.15) is 4.98 Å². The van der Waals surface area contributed by atoms with Crippen molar-refractivity contribution in [1.82, 2.24) is 15.1 Å². The molecule has 0 fully saturated rings. The average Bonchev–Trinajstić information content (AvgIpc) is 3.25. The predicted molar refractivity (Wildman–Crippen MR) is 104 cm³/mol. The standard InChI is InChI=1S/C21H16N4O3/c1-27-18-8-3-2-7-17(18)19-24-21(28-25-19)15-5-4-6-16(13-15)23-20(26)14-9-11-22-12-10-14/h2-13H,1H3,(H,23,26). The van der Waals surface area contributed by atoms with E-state index in [0.29, 0.717) is 34.3 Å². The second kappa shape index (κ2) is 7.71. The summed E-state index contributed by atoms with van der Waals surface area (Å²) in [6.07, 6.45) is 3.15. The van der Waals surface area contributed by atoms with Crippen LogP contribution < -0.4 is 10.1 Å². The van der Waals surface area contributed by atoms with E-state index >= 15 is 0 Å². The van der Waals surface area contributed by atoms with Crippen molar-refractivity contribution < 1.29 is 14.1 Å². The van der Waals surface area contributed by atoms with E-state index in [4.69, 9.17) is 9.26 Å². The Labute approximate surface area is 161 Å². The summed E-state index contributed by atoms with van der Waals surface area (Å²) in [5.74, 6) is 1.22. The van der Waals surface area contributed by atoms with Crippen LogP contribution in [0.4, 0.5) is 5.69 Å². The molecule has 0 radical (unpaired) electrons. The fourth-order valence-electron chi connectivity index (χ4n) is 2.72. The molecule has 0 aliphatic carbocycles. The Morgan fingerprint density at radius 2 is 1.86 bits per heavy atom. The number of nitrogens with one attached hydrogen (secondary N) is 1. The largest absolute Gasteiger partial charge is 0.496 e. The van der Waals surface area contributed by atoms with E-state index in [1.807, 2.05) is 36.4 Å². The number of amides is 1. The summed E-state index contributed by atoms with van der Waals surface area (Å²) in [6.45, 7) is 0. The van der Waals surface area contributed by atoms with Crippen molar-refractivity contribution in [1.29, 1.82) is 0 Å². The molecular formula is C21H16N4O3. The van der Waals surface area contributed by atoms with Gasteiger partial charge in [-0.1, -0.05) is 23.4 Å². The second-order valence-electron chi connectivity index (χ2n) is 5.89. The molecule has 138 valence electrons. The lowest BCUT2D eigenvalue weighted by atomic mass is 10.1. The molecule has 1 amide bonds. The van der Waals surface area contributed by atoms with E-state index < -0.39 is 0 Å². The lowest BCUT2D eigenvalue weighted by Crippen LogP contribution is -2.11. The van der Waals surface area contributed by atoms with Crippen LogP contribution in [-0.4, -0.2) is 28.1 Å². The molecule has 28 heavy (non-hydrogen) atoms. The van der Waals surface area contributed by atoms with Crippen LogP contribution in [0.15, 0.2) is 77.6 Å². The van der Waals surface area contributed by atoms with Crippen LogP contribution in [0.5, 0.6) is 5.75 Å². The van der Waals surface area contributed by atoms with Crippen molar-refractivity contribution in [2.75, 3.05) is 12.4 Å². The van der Waals surface area contributed by atoms with Crippen LogP contribution >= 0.6 is 0 Å². The molecule has 4 aromatic rings. The molecule has 1 N–H and O–H groups in total. The smallest absolute Gasteiger partial charge is 0.258 e. The molecule has 0 atom stereocenters. The number of pyridine rings is 1. The monoisotopic (exact) mass is 372 g/mol. The first kappa shape index (κ1) is 17.4. The number of rotatable bonds is 5. The summed E-state index contributed by atoms with van der Waals surface area (Å²) in [5, 5.41) is 6.90. The molecule has 0 saturated carbocycles. The third kappa shape index (κ3) is 3.59. The minimum absolute atomic E-state index is 0.222. The zero-order valence-corrected chi connectivity index (χ0v) is 15.0. The third-order valence-electron chi connectivity index (χ3n) is 4.08. The molecule has 0 saturated heterocycles. The highest BCUT2D eigenvalue weighted by molar-refractivity contribution is 6.04. The van der Waals surface area contributed by atoms with Gasteiger partial charge in [0.15, 0.2) is 0 Å². The molecule has 7 nitrogen and oxygen atoms in total. The molecule has 0 aliphatic rings. The van der Waals surface area contributed by atoms with E-state index in [-0.39, 0.29) is 5.91 Å². The maximum absolute atomic E-state index is 12.3. The van der Waals surface area contributed by atoms with Gasteiger partial charge in [-0.25, -0.2) is 0 Å². The Bertz CT molecular complexity index is 1110. The molecule has 4 rings (SSSR count). The highest BCUT2D eigenvalue weighted by Gasteiger charge is 2.15. The quantitative estimate of drug-likeness (QED) is 0.568. The maximum atomic E-state index is 12.3. The number of aromatic nitrogens is 3. The molecule has 0 aliphatic heterocycles. The fraction of sp³-hybridized carbons (Fsp3) is 0.0476. The Morgan fingerprint density at radius 1 is 1.04 bits per heavy atom. The maximum Gasteiger partial charge on any atom is 0.258 e. The van der Waals surface area contributed by atoms with Gasteiger partial charge in [0.05, 0.1) is 12.7 Å². The van der Waals surface area contributed by atoms with Crippen molar-refractivity contribution >= 4 is 11.6 Å². The SMILES string of the molecule is COc1ccccc1-c1noc(-c2cccc(NC(=O)c3ccncc3)c2)n1. The number of nitrogens with zero attached hydrogens (tertiary/aromatic N) is 3. The van der Waals surface area contributed by atoms with Crippen molar-refractivity contribution in [2.24, 2.45) is 0 Å². The molecule has 2 aromatic carbocycles. The van der Waals surface area contributed by atoms with Gasteiger partial charge in [-0.3, -0.25) is 9.78 Å². The minimum Gasteiger partial charge on any atom is -0.496 e. The molecule has 2 aromatic heterocycles. The molecule has 2 heterocycles. The number of methoxy groups -OCH3 is 1. The average molecular weight is 372 g/mol. The first-order valence-corrected chi connectivity index (χ1v) is 8.53. The van der Waals surface area contributed by atoms with Crippen LogP contribution in [0.25, 0.3) is 22.8 Å². The number of carbonyl (C=O) groups excluding carboxylic acids is 1. The number of hydrogen-bond acceptors (Lipinski definition) is 6. The van der Waals surface area contributed by atoms with Crippen molar-refractivity contribution in [3.63, 3.8) is 0 Å². The van der Waals surface area contributed by atoms with Crippen LogP contribution in [0.3, 0.4) is 0 Å². The van der Waals surface area contributed by atoms with Crippen LogP contribution in [0, 0.1) is 0 Å². The zero-order chi connectivity index (χ0) is 19.3. The van der Waals surface area contributed by atoms with Crippen LogP contribution in [0.2, 0.25) is 0 Å². The van der Waals surface area contributed by atoms with Gasteiger partial charge < -0.3 is 14.6 Å². The minimum atomic E-state index is -0.222. The predicted octanol–water partition coefficient (Wildman–Crippen LogP) is 4.06. The summed E-state index contributed by atoms with van der Waals surface area (Å²) >= 11 is 0. The van der Waals surface area contributed by atoms with Gasteiger partial charge in [-0.05, 0) is 42.5 Å². The number of para-hydroxylation sites is 1. The second-order valence-corrected chi connectivity index (χ2v) is 5.89. The van der Waals surface area contributed by atoms with Crippen molar-refractivity contribution in [3.8, 4) is 28.6 Å². The fourth-order valence-corrected chi connectivity index (χ4v) is 2.72. The Hall–Kier alpha value is -4.00. The zero-order valence-electron chi connectivity index (χ0n) is 15.0. The van der Waals surface area contributed by atoms with E-state index in [1.165, 1.54) is 0 Å². The summed E-state index contributed by atoms with van der Waals surface area (Å²) in [6, 6.07) is 18.0. The normalized spacial score (nSPS) is 10.5. The molecule has 0 unspecified atom stereocenters. The number of anilines is 1. The van der Waals surface area contributed by atoms with Gasteiger partial charge in [0.1, 0.15) is 5.75 Å². The third-order valence-corrected chi connectivity index (χ3v) is 4.08. The Kier molecular flexibility index (Phi) is 4.79. The number of benzene rings is 2. The van der Waals surface area contributed by atoms with Gasteiger partial charge in [0.25, 0.3) is 11.8 Å². The van der Waals surface area contributed by atoms with E-state index in [9.17, 15) is 4.79 Å². The first-order chi connectivity index (χ1) is 13.7. The topological polar surface area (TPSA) is 90.1 Å². The molecule has 0 spiro atoms. The summed E-state index contributed by atoms with van der Waals surface area (Å²) in [7, 11) is 1.59. The number of ether oxygens (including phenoxy) is 1. The van der Waals surface area contributed by atoms with Crippen molar-refractivity contribution in [2.45, 2.75) is 0 Å². The Morgan fingerprint density at radius 3 is 2.68 bits per heavy atom. The van der Waals surface area contributed by atoms with Gasteiger partial charge in [-0.15, -0.1) is 0 Å².